The van der Waals surface area contributed by atoms with Crippen LogP contribution in [0, 0.1) is 0 Å². The first-order chi connectivity index (χ1) is 9.22. The number of oxazole rings is 1. The first kappa shape index (κ1) is 12.5. The van der Waals surface area contributed by atoms with Crippen LogP contribution in [0.25, 0.3) is 11.2 Å². The summed E-state index contributed by atoms with van der Waals surface area (Å²) in [6.07, 6.45) is 4.27. The predicted molar refractivity (Wildman–Crippen MR) is 74.5 cm³/mol. The quantitative estimate of drug-likeness (QED) is 0.693. The third kappa shape index (κ3) is 2.74. The summed E-state index contributed by atoms with van der Waals surface area (Å²) < 4.78 is 7.45. The third-order valence-electron chi connectivity index (χ3n) is 2.70. The minimum atomic E-state index is 0.551. The van der Waals surface area contributed by atoms with E-state index in [-0.39, 0.29) is 0 Å². The molecule has 0 unspecified atom stereocenters. The van der Waals surface area contributed by atoms with E-state index in [0.29, 0.717) is 21.5 Å². The van der Waals surface area contributed by atoms with Crippen molar-refractivity contribution in [3.05, 3.63) is 35.2 Å². The molecular formula is C12H11ClN4OS. The Morgan fingerprint density at radius 1 is 1.47 bits per heavy atom. The van der Waals surface area contributed by atoms with E-state index >= 15 is 0 Å². The molecule has 5 nitrogen and oxygen atoms in total. The van der Waals surface area contributed by atoms with Gasteiger partial charge < -0.3 is 4.42 Å². The molecule has 3 aromatic heterocycles. The van der Waals surface area contributed by atoms with Gasteiger partial charge in [0.25, 0.3) is 5.22 Å². The minimum absolute atomic E-state index is 0.551. The maximum Gasteiger partial charge on any atom is 0.258 e. The van der Waals surface area contributed by atoms with Crippen LogP contribution in [-0.2, 0) is 13.5 Å². The predicted octanol–water partition coefficient (Wildman–Crippen LogP) is 2.94. The molecule has 0 aliphatic rings. The van der Waals surface area contributed by atoms with E-state index in [1.807, 2.05) is 17.8 Å². The smallest absolute Gasteiger partial charge is 0.258 e. The molecule has 0 spiro atoms. The number of aryl methyl sites for hydroxylation is 2. The highest BCUT2D eigenvalue weighted by Crippen LogP contribution is 2.24. The lowest BCUT2D eigenvalue weighted by atomic mass is 10.3. The lowest BCUT2D eigenvalue weighted by Crippen LogP contribution is -1.99. The molecule has 0 atom stereocenters. The maximum absolute atomic E-state index is 5.85. The van der Waals surface area contributed by atoms with Gasteiger partial charge in [0.2, 0.25) is 0 Å². The van der Waals surface area contributed by atoms with Crippen molar-refractivity contribution in [2.45, 2.75) is 11.6 Å². The lowest BCUT2D eigenvalue weighted by molar-refractivity contribution is 0.489. The van der Waals surface area contributed by atoms with Gasteiger partial charge in [-0.25, -0.2) is 4.98 Å². The van der Waals surface area contributed by atoms with E-state index in [2.05, 4.69) is 15.1 Å². The number of pyridine rings is 1. The van der Waals surface area contributed by atoms with E-state index < -0.39 is 0 Å². The lowest BCUT2D eigenvalue weighted by Gasteiger charge is -1.99. The average molecular weight is 295 g/mol. The zero-order chi connectivity index (χ0) is 13.2. The minimum Gasteiger partial charge on any atom is -0.430 e. The van der Waals surface area contributed by atoms with Gasteiger partial charge in [-0.1, -0.05) is 23.4 Å². The molecule has 0 saturated heterocycles. The van der Waals surface area contributed by atoms with Crippen LogP contribution in [0.4, 0.5) is 0 Å². The topological polar surface area (TPSA) is 56.7 Å². The SMILES string of the molecule is Cn1nccc1CCSc1nc2ncc(Cl)cc2o1. The van der Waals surface area contributed by atoms with Crippen molar-refractivity contribution < 1.29 is 4.42 Å². The molecule has 19 heavy (non-hydrogen) atoms. The average Bonchev–Trinajstić information content (AvgIpc) is 2.95. The first-order valence-corrected chi connectivity index (χ1v) is 7.10. The number of aromatic nitrogens is 4. The Kier molecular flexibility index (Phi) is 3.44. The largest absolute Gasteiger partial charge is 0.430 e. The summed E-state index contributed by atoms with van der Waals surface area (Å²) >= 11 is 7.41. The van der Waals surface area contributed by atoms with Gasteiger partial charge >= 0.3 is 0 Å². The van der Waals surface area contributed by atoms with E-state index in [4.69, 9.17) is 16.0 Å². The highest BCUT2D eigenvalue weighted by atomic mass is 35.5. The standard InChI is InChI=1S/C12H11ClN4OS/c1-17-9(2-4-15-17)3-5-19-12-16-11-10(18-12)6-8(13)7-14-11/h2,4,6-7H,3,5H2,1H3. The van der Waals surface area contributed by atoms with E-state index in [0.717, 1.165) is 12.2 Å². The molecule has 0 aliphatic carbocycles. The normalized spacial score (nSPS) is 11.3. The number of nitrogens with zero attached hydrogens (tertiary/aromatic N) is 4. The van der Waals surface area contributed by atoms with Crippen molar-refractivity contribution in [3.63, 3.8) is 0 Å². The molecule has 3 rings (SSSR count). The summed E-state index contributed by atoms with van der Waals surface area (Å²) in [6, 6.07) is 3.73. The number of hydrogen-bond acceptors (Lipinski definition) is 5. The van der Waals surface area contributed by atoms with Gasteiger partial charge in [0.1, 0.15) is 0 Å². The summed E-state index contributed by atoms with van der Waals surface area (Å²) in [5.74, 6) is 0.875. The third-order valence-corrected chi connectivity index (χ3v) is 3.74. The fraction of sp³-hybridized carbons (Fsp3) is 0.250. The van der Waals surface area contributed by atoms with Crippen LogP contribution in [0.2, 0.25) is 5.02 Å². The summed E-state index contributed by atoms with van der Waals surface area (Å²) in [5.41, 5.74) is 2.40. The molecule has 0 amide bonds. The number of fused-ring (bicyclic) bond motifs is 1. The zero-order valence-corrected chi connectivity index (χ0v) is 11.8. The molecule has 0 N–H and O–H groups in total. The monoisotopic (exact) mass is 294 g/mol. The van der Waals surface area contributed by atoms with Gasteiger partial charge in [-0.2, -0.15) is 10.1 Å². The molecular weight excluding hydrogens is 284 g/mol. The second kappa shape index (κ2) is 5.22. The van der Waals surface area contributed by atoms with Crippen molar-refractivity contribution in [2.75, 3.05) is 5.75 Å². The first-order valence-electron chi connectivity index (χ1n) is 5.74. The van der Waals surface area contributed by atoms with Gasteiger partial charge in [0.05, 0.1) is 5.02 Å². The van der Waals surface area contributed by atoms with Crippen molar-refractivity contribution in [3.8, 4) is 0 Å². The Morgan fingerprint density at radius 3 is 3.16 bits per heavy atom. The van der Waals surface area contributed by atoms with Gasteiger partial charge in [-0.3, -0.25) is 4.68 Å². The van der Waals surface area contributed by atoms with E-state index in [9.17, 15) is 0 Å². The molecule has 0 aliphatic heterocycles. The molecule has 7 heteroatoms. The van der Waals surface area contributed by atoms with Crippen LogP contribution >= 0.6 is 23.4 Å². The molecule has 3 aromatic rings. The Balaban J connectivity index is 1.67. The van der Waals surface area contributed by atoms with Gasteiger partial charge in [0, 0.05) is 37.0 Å². The van der Waals surface area contributed by atoms with Crippen molar-refractivity contribution in [1.82, 2.24) is 19.7 Å². The fourth-order valence-electron chi connectivity index (χ4n) is 1.73. The Bertz CT molecular complexity index is 709. The van der Waals surface area contributed by atoms with E-state index in [1.54, 1.807) is 30.2 Å². The second-order valence-corrected chi connectivity index (χ2v) is 5.48. The molecule has 98 valence electrons. The zero-order valence-electron chi connectivity index (χ0n) is 10.2. The molecule has 3 heterocycles. The van der Waals surface area contributed by atoms with Crippen molar-refractivity contribution >= 4 is 34.6 Å². The molecule has 0 fully saturated rings. The second-order valence-electron chi connectivity index (χ2n) is 4.00. The highest BCUT2D eigenvalue weighted by Gasteiger charge is 2.08. The molecule has 0 radical (unpaired) electrons. The number of halogens is 1. The fourth-order valence-corrected chi connectivity index (χ4v) is 2.66. The Morgan fingerprint density at radius 2 is 2.37 bits per heavy atom. The Labute approximate surface area is 119 Å². The Hall–Kier alpha value is -1.53. The van der Waals surface area contributed by atoms with Crippen molar-refractivity contribution in [2.24, 2.45) is 7.05 Å². The van der Waals surface area contributed by atoms with Gasteiger partial charge in [0.15, 0.2) is 11.2 Å². The summed E-state index contributed by atoms with van der Waals surface area (Å²) in [7, 11) is 1.94. The van der Waals surface area contributed by atoms with Gasteiger partial charge in [-0.05, 0) is 12.5 Å². The summed E-state index contributed by atoms with van der Waals surface area (Å²) in [4.78, 5) is 8.41. The van der Waals surface area contributed by atoms with Crippen LogP contribution in [0.3, 0.4) is 0 Å². The van der Waals surface area contributed by atoms with Crippen LogP contribution < -0.4 is 0 Å². The molecule has 0 aromatic carbocycles. The molecule has 0 saturated carbocycles. The van der Waals surface area contributed by atoms with Gasteiger partial charge in [-0.15, -0.1) is 0 Å². The number of hydrogen-bond donors (Lipinski definition) is 0. The summed E-state index contributed by atoms with van der Waals surface area (Å²) in [6.45, 7) is 0. The van der Waals surface area contributed by atoms with E-state index in [1.165, 1.54) is 5.69 Å². The molecule has 0 bridgehead atoms. The van der Waals surface area contributed by atoms with Crippen molar-refractivity contribution in [1.29, 1.82) is 0 Å². The maximum atomic E-state index is 5.85. The van der Waals surface area contributed by atoms with Crippen LogP contribution in [-0.4, -0.2) is 25.5 Å². The van der Waals surface area contributed by atoms with Crippen LogP contribution in [0.15, 0.2) is 34.2 Å². The number of thioether (sulfide) groups is 1. The highest BCUT2D eigenvalue weighted by molar-refractivity contribution is 7.99. The van der Waals surface area contributed by atoms with Crippen LogP contribution in [0.5, 0.6) is 0 Å². The summed E-state index contributed by atoms with van der Waals surface area (Å²) in [5, 5.41) is 5.30. The number of rotatable bonds is 4. The van der Waals surface area contributed by atoms with Crippen LogP contribution in [0.1, 0.15) is 5.69 Å².